The molecule has 0 aliphatic heterocycles. The first-order valence-electron chi connectivity index (χ1n) is 5.93. The fraction of sp³-hybridized carbons (Fsp3) is 0.200. The number of nitrogens with two attached hydrogens (primary N) is 1. The SMILES string of the molecule is COCc1cccc(OCc2cc(F)ccc2N)c1. The van der Waals surface area contributed by atoms with Gasteiger partial charge in [0.2, 0.25) is 0 Å². The number of hydrogen-bond donors (Lipinski definition) is 1. The second-order valence-corrected chi connectivity index (χ2v) is 4.21. The number of ether oxygens (including phenoxy) is 2. The Balaban J connectivity index is 2.05. The van der Waals surface area contributed by atoms with E-state index in [0.29, 0.717) is 23.6 Å². The maximum absolute atomic E-state index is 13.1. The maximum atomic E-state index is 13.1. The minimum absolute atomic E-state index is 0.236. The average molecular weight is 261 g/mol. The number of hydrogen-bond acceptors (Lipinski definition) is 3. The molecule has 0 fully saturated rings. The summed E-state index contributed by atoms with van der Waals surface area (Å²) in [6.07, 6.45) is 0. The number of methoxy groups -OCH3 is 1. The summed E-state index contributed by atoms with van der Waals surface area (Å²) in [6, 6.07) is 11.8. The summed E-state index contributed by atoms with van der Waals surface area (Å²) < 4.78 is 23.8. The van der Waals surface area contributed by atoms with Crippen molar-refractivity contribution < 1.29 is 13.9 Å². The minimum atomic E-state index is -0.319. The minimum Gasteiger partial charge on any atom is -0.489 e. The lowest BCUT2D eigenvalue weighted by Crippen LogP contribution is -2.01. The second kappa shape index (κ2) is 6.20. The average Bonchev–Trinajstić information content (AvgIpc) is 2.41. The Morgan fingerprint density at radius 1 is 1.11 bits per heavy atom. The Bertz CT molecular complexity index is 558. The van der Waals surface area contributed by atoms with Crippen LogP contribution in [0.4, 0.5) is 10.1 Å². The van der Waals surface area contributed by atoms with Crippen molar-refractivity contribution in [1.29, 1.82) is 0 Å². The van der Waals surface area contributed by atoms with Gasteiger partial charge >= 0.3 is 0 Å². The van der Waals surface area contributed by atoms with Gasteiger partial charge in [-0.3, -0.25) is 0 Å². The molecule has 0 spiro atoms. The van der Waals surface area contributed by atoms with Gasteiger partial charge in [-0.15, -0.1) is 0 Å². The van der Waals surface area contributed by atoms with Gasteiger partial charge in [0.1, 0.15) is 18.2 Å². The summed E-state index contributed by atoms with van der Waals surface area (Å²) in [5.41, 5.74) is 7.94. The Morgan fingerprint density at radius 2 is 1.95 bits per heavy atom. The van der Waals surface area contributed by atoms with Crippen LogP contribution in [0.2, 0.25) is 0 Å². The van der Waals surface area contributed by atoms with E-state index in [0.717, 1.165) is 5.56 Å². The molecule has 0 saturated carbocycles. The van der Waals surface area contributed by atoms with Crippen molar-refractivity contribution in [1.82, 2.24) is 0 Å². The van der Waals surface area contributed by atoms with E-state index >= 15 is 0 Å². The third-order valence-electron chi connectivity index (χ3n) is 2.71. The molecule has 19 heavy (non-hydrogen) atoms. The highest BCUT2D eigenvalue weighted by molar-refractivity contribution is 5.46. The predicted octanol–water partition coefficient (Wildman–Crippen LogP) is 3.13. The van der Waals surface area contributed by atoms with Crippen molar-refractivity contribution in [2.45, 2.75) is 13.2 Å². The molecule has 0 unspecified atom stereocenters. The summed E-state index contributed by atoms with van der Waals surface area (Å²) >= 11 is 0. The van der Waals surface area contributed by atoms with Gasteiger partial charge in [0, 0.05) is 18.4 Å². The molecule has 0 saturated heterocycles. The molecule has 0 radical (unpaired) electrons. The van der Waals surface area contributed by atoms with E-state index in [-0.39, 0.29) is 12.4 Å². The third kappa shape index (κ3) is 3.69. The Morgan fingerprint density at radius 3 is 2.74 bits per heavy atom. The van der Waals surface area contributed by atoms with Gasteiger partial charge < -0.3 is 15.2 Å². The van der Waals surface area contributed by atoms with Crippen LogP contribution in [0.1, 0.15) is 11.1 Å². The number of rotatable bonds is 5. The predicted molar refractivity (Wildman–Crippen MR) is 72.3 cm³/mol. The van der Waals surface area contributed by atoms with Crippen LogP contribution in [0.25, 0.3) is 0 Å². The Hall–Kier alpha value is -2.07. The van der Waals surface area contributed by atoms with Crippen molar-refractivity contribution in [3.8, 4) is 5.75 Å². The van der Waals surface area contributed by atoms with Crippen LogP contribution < -0.4 is 10.5 Å². The van der Waals surface area contributed by atoms with E-state index in [1.165, 1.54) is 18.2 Å². The molecule has 2 aromatic rings. The molecule has 2 N–H and O–H groups in total. The summed E-state index contributed by atoms with van der Waals surface area (Å²) in [5.74, 6) is 0.388. The molecule has 0 aliphatic rings. The lowest BCUT2D eigenvalue weighted by Gasteiger charge is -2.10. The maximum Gasteiger partial charge on any atom is 0.123 e. The first-order valence-corrected chi connectivity index (χ1v) is 5.93. The highest BCUT2D eigenvalue weighted by atomic mass is 19.1. The molecule has 2 aromatic carbocycles. The van der Waals surface area contributed by atoms with Crippen molar-refractivity contribution in [2.24, 2.45) is 0 Å². The van der Waals surface area contributed by atoms with E-state index in [1.807, 2.05) is 24.3 Å². The molecule has 0 atom stereocenters. The standard InChI is InChI=1S/C15H16FNO2/c1-18-9-11-3-2-4-14(7-11)19-10-12-8-13(16)5-6-15(12)17/h2-8H,9-10,17H2,1H3. The Labute approximate surface area is 111 Å². The number of halogens is 1. The Kier molecular flexibility index (Phi) is 4.36. The molecule has 0 bridgehead atoms. The van der Waals surface area contributed by atoms with Gasteiger partial charge in [0.05, 0.1) is 6.61 Å². The molecule has 100 valence electrons. The van der Waals surface area contributed by atoms with Crippen molar-refractivity contribution >= 4 is 5.69 Å². The lowest BCUT2D eigenvalue weighted by molar-refractivity contribution is 0.184. The topological polar surface area (TPSA) is 44.5 Å². The van der Waals surface area contributed by atoms with Crippen LogP contribution in [-0.4, -0.2) is 7.11 Å². The van der Waals surface area contributed by atoms with E-state index in [2.05, 4.69) is 0 Å². The quantitative estimate of drug-likeness (QED) is 0.841. The van der Waals surface area contributed by atoms with Crippen LogP contribution >= 0.6 is 0 Å². The highest BCUT2D eigenvalue weighted by Crippen LogP contribution is 2.19. The third-order valence-corrected chi connectivity index (χ3v) is 2.71. The zero-order chi connectivity index (χ0) is 13.7. The van der Waals surface area contributed by atoms with E-state index in [9.17, 15) is 4.39 Å². The van der Waals surface area contributed by atoms with Crippen molar-refractivity contribution in [3.63, 3.8) is 0 Å². The van der Waals surface area contributed by atoms with E-state index in [1.54, 1.807) is 7.11 Å². The molecule has 3 nitrogen and oxygen atoms in total. The molecule has 4 heteroatoms. The molecule has 0 heterocycles. The van der Waals surface area contributed by atoms with Crippen LogP contribution in [0.5, 0.6) is 5.75 Å². The molecule has 0 aromatic heterocycles. The van der Waals surface area contributed by atoms with Gasteiger partial charge in [-0.1, -0.05) is 12.1 Å². The molecule has 2 rings (SSSR count). The van der Waals surface area contributed by atoms with Crippen LogP contribution in [0.3, 0.4) is 0 Å². The van der Waals surface area contributed by atoms with Crippen molar-refractivity contribution in [3.05, 3.63) is 59.4 Å². The van der Waals surface area contributed by atoms with Gasteiger partial charge in [-0.2, -0.15) is 0 Å². The second-order valence-electron chi connectivity index (χ2n) is 4.21. The zero-order valence-electron chi connectivity index (χ0n) is 10.7. The normalized spacial score (nSPS) is 10.4. The summed E-state index contributed by atoms with van der Waals surface area (Å²) in [7, 11) is 1.64. The molecule has 0 aliphatic carbocycles. The van der Waals surface area contributed by atoms with Crippen LogP contribution in [0, 0.1) is 5.82 Å². The largest absolute Gasteiger partial charge is 0.489 e. The van der Waals surface area contributed by atoms with Crippen LogP contribution in [-0.2, 0) is 18.0 Å². The van der Waals surface area contributed by atoms with E-state index in [4.69, 9.17) is 15.2 Å². The zero-order valence-corrected chi connectivity index (χ0v) is 10.7. The van der Waals surface area contributed by atoms with Gasteiger partial charge in [-0.05, 0) is 35.9 Å². The molecule has 0 amide bonds. The van der Waals surface area contributed by atoms with Crippen molar-refractivity contribution in [2.75, 3.05) is 12.8 Å². The van der Waals surface area contributed by atoms with Gasteiger partial charge in [-0.25, -0.2) is 4.39 Å². The number of anilines is 1. The van der Waals surface area contributed by atoms with E-state index < -0.39 is 0 Å². The monoisotopic (exact) mass is 261 g/mol. The number of nitrogen functional groups attached to an aromatic ring is 1. The molecular formula is C15H16FNO2. The fourth-order valence-corrected chi connectivity index (χ4v) is 1.75. The van der Waals surface area contributed by atoms with Gasteiger partial charge in [0.25, 0.3) is 0 Å². The first kappa shape index (κ1) is 13.4. The summed E-state index contributed by atoms with van der Waals surface area (Å²) in [4.78, 5) is 0. The number of benzene rings is 2. The van der Waals surface area contributed by atoms with Crippen LogP contribution in [0.15, 0.2) is 42.5 Å². The smallest absolute Gasteiger partial charge is 0.123 e. The highest BCUT2D eigenvalue weighted by Gasteiger charge is 2.03. The summed E-state index contributed by atoms with van der Waals surface area (Å²) in [6.45, 7) is 0.763. The molecular weight excluding hydrogens is 245 g/mol. The lowest BCUT2D eigenvalue weighted by atomic mass is 10.2. The fourth-order valence-electron chi connectivity index (χ4n) is 1.75. The first-order chi connectivity index (χ1) is 9.19. The summed E-state index contributed by atoms with van der Waals surface area (Å²) in [5, 5.41) is 0. The van der Waals surface area contributed by atoms with Gasteiger partial charge in [0.15, 0.2) is 0 Å².